The number of nitrogens with zero attached hydrogens (tertiary/aromatic N) is 6. The summed E-state index contributed by atoms with van der Waals surface area (Å²) in [4.78, 5) is 59.5. The molecule has 31 heteroatoms. The number of carboxylic acids is 2. The molecule has 0 saturated carbocycles. The Kier molecular flexibility index (Phi) is 22.6. The number of anilines is 1. The fourth-order valence-corrected chi connectivity index (χ4v) is 7.68. The molecule has 5 rings (SSSR count). The van der Waals surface area contributed by atoms with E-state index in [0.29, 0.717) is 55.7 Å². The van der Waals surface area contributed by atoms with E-state index in [-0.39, 0.29) is 49.5 Å². The number of rotatable bonds is 20. The number of hydrogen-bond acceptors (Lipinski definition) is 19. The van der Waals surface area contributed by atoms with Crippen LogP contribution in [0.1, 0.15) is 53.4 Å². The molecule has 0 aliphatic carbocycles. The minimum atomic E-state index is -5.19. The molecule has 0 unspecified atom stereocenters. The number of benzene rings is 1. The van der Waals surface area contributed by atoms with Crippen LogP contribution in [-0.2, 0) is 29.2 Å². The lowest BCUT2D eigenvalue weighted by atomic mass is 9.94. The zero-order valence-corrected chi connectivity index (χ0v) is 39.1. The van der Waals surface area contributed by atoms with Gasteiger partial charge in [0.1, 0.15) is 54.7 Å². The van der Waals surface area contributed by atoms with Crippen molar-refractivity contribution in [2.75, 3.05) is 51.7 Å². The molecule has 15 N–H and O–H groups in total. The number of amides is 2. The second-order valence-electron chi connectivity index (χ2n) is 16.6. The summed E-state index contributed by atoms with van der Waals surface area (Å²) in [6.45, 7) is 3.65. The van der Waals surface area contributed by atoms with Crippen LogP contribution in [-0.4, -0.2) is 216 Å². The van der Waals surface area contributed by atoms with Gasteiger partial charge in [-0.3, -0.25) is 14.5 Å². The molecule has 25 nitrogen and oxygen atoms in total. The number of nitrogen functional groups attached to an aromatic ring is 1. The number of fused-ring (bicyclic) bond motifs is 2. The van der Waals surface area contributed by atoms with Crippen LogP contribution in [0.15, 0.2) is 30.5 Å². The molecule has 2 amide bonds. The van der Waals surface area contributed by atoms with Gasteiger partial charge >= 0.3 is 18.3 Å². The number of aromatic nitrogens is 5. The summed E-state index contributed by atoms with van der Waals surface area (Å²) >= 11 is 0. The highest BCUT2D eigenvalue weighted by Gasteiger charge is 2.39. The Balaban J connectivity index is 0.000000878. The Morgan fingerprint density at radius 3 is 1.81 bits per heavy atom. The van der Waals surface area contributed by atoms with Gasteiger partial charge in [0.25, 0.3) is 17.6 Å². The van der Waals surface area contributed by atoms with Crippen LogP contribution >= 0.6 is 0 Å². The SMILES string of the molecule is CCn1c(CNC(=O)c2nc3cc[nH]c3nc2N)[n+](CC)c2cc(C(=O)N3CCC(CN(C[C@H](O)[C@@H](O)[C@H](O)[C@H](O)CO)C[C@H](O)[C@@H](O)[C@H](O)[C@H](O)CO)CC3)ccc21.O=C(O)C(F)(F)F.O=C([O-])C(F)(F)F. The zero-order chi connectivity index (χ0) is 55.3. The Hall–Kier alpha value is -5.87. The molecule has 1 fully saturated rings. The predicted octanol–water partition coefficient (Wildman–Crippen LogP) is -4.29. The van der Waals surface area contributed by atoms with Crippen molar-refractivity contribution in [1.82, 2.24) is 34.6 Å². The first-order valence-electron chi connectivity index (χ1n) is 22.2. The fraction of sp³-hybridized carbons (Fsp3) is 0.595. The van der Waals surface area contributed by atoms with Crippen LogP contribution in [0, 0.1) is 5.92 Å². The number of nitrogens with one attached hydrogen (secondary N) is 2. The van der Waals surface area contributed by atoms with Crippen molar-refractivity contribution in [3.05, 3.63) is 47.5 Å². The number of hydrogen-bond donors (Lipinski definition) is 14. The molecule has 1 aliphatic heterocycles. The molecule has 0 spiro atoms. The third-order valence-corrected chi connectivity index (χ3v) is 11.5. The van der Waals surface area contributed by atoms with E-state index in [9.17, 15) is 76.8 Å². The van der Waals surface area contributed by atoms with E-state index in [1.54, 1.807) is 23.2 Å². The molecule has 0 bridgehead atoms. The first-order valence-corrected chi connectivity index (χ1v) is 22.2. The van der Waals surface area contributed by atoms with Crippen LogP contribution in [0.2, 0.25) is 0 Å². The Labute approximate surface area is 410 Å². The summed E-state index contributed by atoms with van der Waals surface area (Å²) in [7, 11) is 0. The van der Waals surface area contributed by atoms with Crippen LogP contribution in [0.4, 0.5) is 32.2 Å². The van der Waals surface area contributed by atoms with Gasteiger partial charge in [-0.25, -0.2) is 23.9 Å². The Bertz CT molecular complexity index is 2400. The third-order valence-electron chi connectivity index (χ3n) is 11.5. The topological polar surface area (TPSA) is 409 Å². The smallest absolute Gasteiger partial charge is 0.490 e. The normalized spacial score (nSPS) is 16.8. The first kappa shape index (κ1) is 61.4. The molecule has 73 heavy (non-hydrogen) atoms. The third kappa shape index (κ3) is 16.6. The zero-order valence-electron chi connectivity index (χ0n) is 39.1. The lowest BCUT2D eigenvalue weighted by molar-refractivity contribution is -0.676. The maximum Gasteiger partial charge on any atom is 0.490 e. The van der Waals surface area contributed by atoms with Crippen molar-refractivity contribution in [3.8, 4) is 0 Å². The minimum Gasteiger partial charge on any atom is -0.542 e. The van der Waals surface area contributed by atoms with E-state index in [0.717, 1.165) is 16.9 Å². The van der Waals surface area contributed by atoms with Crippen molar-refractivity contribution in [2.45, 2.75) is 108 Å². The molecule has 1 aliphatic rings. The van der Waals surface area contributed by atoms with E-state index in [1.165, 1.54) is 4.90 Å². The van der Waals surface area contributed by atoms with Crippen molar-refractivity contribution in [3.63, 3.8) is 0 Å². The quantitative estimate of drug-likeness (QED) is 0.0294. The standard InChI is InChI=1S/C38H57N9O12.2C2HF3O2/c1-3-46-23-6-5-21(13-24(23)47(4-2)29(46)14-41-37(58)30-35(39)43-36-22(42-30)7-10-40-36)38(59)45-11-8-20(9-12-45)15-44(16-25(50)31(54)33(56)27(52)18-48)17-26(51)32(55)34(57)28(53)19-49;2*3-2(4,5)1(6)7/h5-7,10,13,20,25-28,31-34,48-57H,3-4,8-9,11-12,14-19H2,1-2H3,(H3-,39,40,41,42,43,58);2*(H,6,7)/t25-,26-,27+,28+,31+,32+,33+,34+;;/m0../s1. The number of likely N-dealkylation sites (tertiary alicyclic amines) is 1. The number of piperidine rings is 1. The van der Waals surface area contributed by atoms with Gasteiger partial charge in [-0.1, -0.05) is 0 Å². The number of aliphatic hydroxyl groups excluding tert-OH is 10. The molecule has 1 saturated heterocycles. The van der Waals surface area contributed by atoms with Gasteiger partial charge in [-0.15, -0.1) is 0 Å². The lowest BCUT2D eigenvalue weighted by Gasteiger charge is -2.38. The van der Waals surface area contributed by atoms with Crippen LogP contribution in [0.25, 0.3) is 22.2 Å². The van der Waals surface area contributed by atoms with Crippen molar-refractivity contribution >= 4 is 51.8 Å². The number of carbonyl (C=O) groups excluding carboxylic acids is 3. The van der Waals surface area contributed by atoms with Crippen LogP contribution in [0.5, 0.6) is 0 Å². The van der Waals surface area contributed by atoms with Crippen LogP contribution in [0.3, 0.4) is 0 Å². The van der Waals surface area contributed by atoms with Crippen molar-refractivity contribution < 1.29 is 111 Å². The number of carbonyl (C=O) groups is 4. The fourth-order valence-electron chi connectivity index (χ4n) is 7.68. The second-order valence-corrected chi connectivity index (χ2v) is 16.6. The lowest BCUT2D eigenvalue weighted by Crippen LogP contribution is -2.54. The first-order chi connectivity index (χ1) is 34.0. The van der Waals surface area contributed by atoms with Crippen LogP contribution < -0.4 is 20.7 Å². The summed E-state index contributed by atoms with van der Waals surface area (Å²) in [5, 5.41) is 119. The van der Waals surface area contributed by atoms with Gasteiger partial charge in [0.2, 0.25) is 0 Å². The number of imidazole rings is 1. The maximum atomic E-state index is 13.9. The molecule has 4 aromatic rings. The van der Waals surface area contributed by atoms with Gasteiger partial charge < -0.3 is 87.0 Å². The number of H-pyrrole nitrogens is 1. The molecule has 8 atom stereocenters. The van der Waals surface area contributed by atoms with E-state index < -0.39 is 92.2 Å². The average Bonchev–Trinajstić information content (AvgIpc) is 3.93. The van der Waals surface area contributed by atoms with Crippen molar-refractivity contribution in [2.24, 2.45) is 5.92 Å². The minimum absolute atomic E-state index is 0.00113. The molecule has 1 aromatic carbocycles. The van der Waals surface area contributed by atoms with Gasteiger partial charge in [-0.05, 0) is 50.8 Å². The number of carboxylic acid groups (broad SMARTS) is 2. The van der Waals surface area contributed by atoms with Gasteiger partial charge in [-0.2, -0.15) is 26.3 Å². The van der Waals surface area contributed by atoms with Gasteiger partial charge in [0, 0.05) is 50.6 Å². The van der Waals surface area contributed by atoms with Gasteiger partial charge in [0.05, 0.1) is 38.5 Å². The highest BCUT2D eigenvalue weighted by atomic mass is 19.4. The molecule has 410 valence electrons. The molecule has 4 heterocycles. The maximum absolute atomic E-state index is 13.9. The van der Waals surface area contributed by atoms with E-state index in [1.807, 2.05) is 30.5 Å². The highest BCUT2D eigenvalue weighted by molar-refractivity contribution is 5.98. The largest absolute Gasteiger partial charge is 0.542 e. The number of aryl methyl sites for hydroxylation is 2. The summed E-state index contributed by atoms with van der Waals surface area (Å²) < 4.78 is 67.4. The Morgan fingerprint density at radius 1 is 0.849 bits per heavy atom. The summed E-state index contributed by atoms with van der Waals surface area (Å²) in [5.74, 6) is -5.74. The summed E-state index contributed by atoms with van der Waals surface area (Å²) in [6, 6.07) is 7.17. The monoisotopic (exact) mass is 1060 g/mol. The molecular weight excluding hydrogens is 1000 g/mol. The second kappa shape index (κ2) is 26.9. The van der Waals surface area contributed by atoms with E-state index >= 15 is 0 Å². The average molecular weight is 1060 g/mol. The van der Waals surface area contributed by atoms with E-state index in [2.05, 4.69) is 24.8 Å². The summed E-state index contributed by atoms with van der Waals surface area (Å²) in [6.07, 6.45) is -22.0. The number of aliphatic hydroxyl groups is 10. The summed E-state index contributed by atoms with van der Waals surface area (Å²) in [5.41, 5.74) is 9.18. The van der Waals surface area contributed by atoms with E-state index in [4.69, 9.17) is 35.7 Å². The molecule has 3 aromatic heterocycles. The molecular formula is C42H59F6N9O16. The number of halogens is 6. The number of alkyl halides is 6. The van der Waals surface area contributed by atoms with Crippen molar-refractivity contribution in [1.29, 1.82) is 0 Å². The number of nitrogens with two attached hydrogens (primary N) is 1. The number of aromatic amines is 1. The predicted molar refractivity (Wildman–Crippen MR) is 235 cm³/mol. The van der Waals surface area contributed by atoms with Gasteiger partial charge in [0.15, 0.2) is 28.2 Å². The number of aliphatic carboxylic acids is 2. The molecule has 0 radical (unpaired) electrons. The highest BCUT2D eigenvalue weighted by Crippen LogP contribution is 2.24. The Morgan fingerprint density at radius 2 is 1.36 bits per heavy atom.